The average molecular weight is 554 g/mol. The van der Waals surface area contributed by atoms with Crippen molar-refractivity contribution in [2.45, 2.75) is 56.4 Å². The number of rotatable bonds is 8. The third-order valence-corrected chi connectivity index (χ3v) is 6.31. The van der Waals surface area contributed by atoms with Crippen molar-refractivity contribution in [3.8, 4) is 11.5 Å². The number of urea groups is 1. The molecule has 0 bridgehead atoms. The number of hydrogen-bond donors (Lipinski definition) is 2. The summed E-state index contributed by atoms with van der Waals surface area (Å²) in [5.74, 6) is -1.13. The van der Waals surface area contributed by atoms with Crippen molar-refractivity contribution >= 4 is 6.03 Å². The molecule has 6 nitrogen and oxygen atoms in total. The van der Waals surface area contributed by atoms with E-state index in [0.717, 1.165) is 49.9 Å². The SMILES string of the molecule is O=C(NC1CCCC1)NC(Cc1ccccn1)(c1cccc(OC(F)(F)F)c1)c1cccc(OC(F)(F)F)c1. The molecule has 3 aromatic rings. The van der Waals surface area contributed by atoms with Crippen LogP contribution in [-0.4, -0.2) is 29.8 Å². The Kier molecular flexibility index (Phi) is 8.22. The molecule has 208 valence electrons. The number of amides is 2. The van der Waals surface area contributed by atoms with Gasteiger partial charge in [0.15, 0.2) is 0 Å². The molecule has 1 fully saturated rings. The maximum absolute atomic E-state index is 13.3. The molecule has 12 heteroatoms. The first-order chi connectivity index (χ1) is 18.4. The Bertz CT molecular complexity index is 1200. The minimum Gasteiger partial charge on any atom is -0.406 e. The van der Waals surface area contributed by atoms with E-state index < -0.39 is 35.8 Å². The summed E-state index contributed by atoms with van der Waals surface area (Å²) in [5, 5.41) is 5.73. The van der Waals surface area contributed by atoms with Gasteiger partial charge >= 0.3 is 18.8 Å². The molecule has 1 aliphatic carbocycles. The maximum Gasteiger partial charge on any atom is 0.573 e. The van der Waals surface area contributed by atoms with E-state index in [-0.39, 0.29) is 23.6 Å². The standard InChI is InChI=1S/C27H25F6N3O3/c28-26(29,30)38-22-12-5-7-18(15-22)25(17-21-11-3-4-14-34-21,36-24(37)35-20-9-1-2-10-20)19-8-6-13-23(16-19)39-27(31,32)33/h3-8,11-16,20H,1-2,9-10,17H2,(H2,35,36,37). The molecule has 0 saturated heterocycles. The van der Waals surface area contributed by atoms with Crippen LogP contribution in [0.4, 0.5) is 31.1 Å². The van der Waals surface area contributed by atoms with Crippen molar-refractivity contribution in [2.24, 2.45) is 0 Å². The number of halogens is 6. The zero-order chi connectivity index (χ0) is 28.1. The number of carbonyl (C=O) groups is 1. The summed E-state index contributed by atoms with van der Waals surface area (Å²) in [6.07, 6.45) is -5.24. The van der Waals surface area contributed by atoms with Gasteiger partial charge in [-0.3, -0.25) is 4.98 Å². The number of benzene rings is 2. The Morgan fingerprint density at radius 2 is 1.38 bits per heavy atom. The van der Waals surface area contributed by atoms with Gasteiger partial charge in [0.2, 0.25) is 0 Å². The summed E-state index contributed by atoms with van der Waals surface area (Å²) in [5.41, 5.74) is -1.00. The highest BCUT2D eigenvalue weighted by molar-refractivity contribution is 5.76. The molecule has 2 amide bonds. The Hall–Kier alpha value is -3.96. The van der Waals surface area contributed by atoms with Crippen molar-refractivity contribution in [1.29, 1.82) is 0 Å². The third kappa shape index (κ3) is 7.78. The van der Waals surface area contributed by atoms with E-state index in [9.17, 15) is 31.1 Å². The predicted molar refractivity (Wildman–Crippen MR) is 129 cm³/mol. The van der Waals surface area contributed by atoms with Crippen LogP contribution in [0.15, 0.2) is 72.9 Å². The zero-order valence-corrected chi connectivity index (χ0v) is 20.5. The van der Waals surface area contributed by atoms with Crippen molar-refractivity contribution in [3.05, 3.63) is 89.7 Å². The Morgan fingerprint density at radius 3 is 1.87 bits per heavy atom. The molecule has 2 aromatic carbocycles. The summed E-state index contributed by atoms with van der Waals surface area (Å²) in [4.78, 5) is 17.6. The average Bonchev–Trinajstić information content (AvgIpc) is 3.35. The summed E-state index contributed by atoms with van der Waals surface area (Å²) < 4.78 is 86.5. The second-order valence-corrected chi connectivity index (χ2v) is 9.13. The number of alkyl halides is 6. The molecule has 1 saturated carbocycles. The fraction of sp³-hybridized carbons (Fsp3) is 0.333. The van der Waals surface area contributed by atoms with Gasteiger partial charge in [-0.2, -0.15) is 0 Å². The van der Waals surface area contributed by atoms with Crippen LogP contribution in [0.3, 0.4) is 0 Å². The first-order valence-corrected chi connectivity index (χ1v) is 12.1. The minimum absolute atomic E-state index is 0.114. The molecular formula is C27H25F6N3O3. The van der Waals surface area contributed by atoms with Gasteiger partial charge in [-0.15, -0.1) is 26.3 Å². The molecule has 0 spiro atoms. The van der Waals surface area contributed by atoms with Crippen LogP contribution >= 0.6 is 0 Å². The molecule has 39 heavy (non-hydrogen) atoms. The lowest BCUT2D eigenvalue weighted by Crippen LogP contribution is -2.53. The molecule has 0 atom stereocenters. The van der Waals surface area contributed by atoms with E-state index >= 15 is 0 Å². The number of nitrogens with one attached hydrogen (secondary N) is 2. The quantitative estimate of drug-likeness (QED) is 0.308. The van der Waals surface area contributed by atoms with Crippen molar-refractivity contribution in [3.63, 3.8) is 0 Å². The lowest BCUT2D eigenvalue weighted by atomic mass is 9.78. The van der Waals surface area contributed by atoms with Crippen molar-refractivity contribution in [1.82, 2.24) is 15.6 Å². The summed E-state index contributed by atoms with van der Waals surface area (Å²) in [6, 6.07) is 14.1. The summed E-state index contributed by atoms with van der Waals surface area (Å²) >= 11 is 0. The predicted octanol–water partition coefficient (Wildman–Crippen LogP) is 6.61. The van der Waals surface area contributed by atoms with Crippen LogP contribution in [0.2, 0.25) is 0 Å². The van der Waals surface area contributed by atoms with Gasteiger partial charge in [0.05, 0.1) is 5.54 Å². The zero-order valence-electron chi connectivity index (χ0n) is 20.5. The minimum atomic E-state index is -4.99. The fourth-order valence-corrected chi connectivity index (χ4v) is 4.74. The van der Waals surface area contributed by atoms with Crippen molar-refractivity contribution < 1.29 is 40.6 Å². The van der Waals surface area contributed by atoms with E-state index in [1.165, 1.54) is 30.5 Å². The van der Waals surface area contributed by atoms with Gasteiger partial charge < -0.3 is 20.1 Å². The van der Waals surface area contributed by atoms with Gasteiger partial charge in [0.25, 0.3) is 0 Å². The van der Waals surface area contributed by atoms with Gasteiger partial charge in [0.1, 0.15) is 11.5 Å². The van der Waals surface area contributed by atoms with Crippen LogP contribution in [0.1, 0.15) is 42.5 Å². The number of aromatic nitrogens is 1. The van der Waals surface area contributed by atoms with E-state index in [4.69, 9.17) is 0 Å². The normalized spacial score (nSPS) is 14.6. The maximum atomic E-state index is 13.3. The monoisotopic (exact) mass is 553 g/mol. The Balaban J connectivity index is 1.86. The Morgan fingerprint density at radius 1 is 0.821 bits per heavy atom. The number of ether oxygens (including phenoxy) is 2. The summed E-state index contributed by atoms with van der Waals surface area (Å²) in [7, 11) is 0. The molecule has 1 aliphatic rings. The van der Waals surface area contributed by atoms with E-state index in [2.05, 4.69) is 25.1 Å². The van der Waals surface area contributed by atoms with Crippen LogP contribution in [0, 0.1) is 0 Å². The number of nitrogens with zero attached hydrogens (tertiary/aromatic N) is 1. The van der Waals surface area contributed by atoms with Gasteiger partial charge in [-0.1, -0.05) is 43.2 Å². The fourth-order valence-electron chi connectivity index (χ4n) is 4.74. The lowest BCUT2D eigenvalue weighted by molar-refractivity contribution is -0.275. The lowest BCUT2D eigenvalue weighted by Gasteiger charge is -2.37. The molecule has 4 rings (SSSR count). The highest BCUT2D eigenvalue weighted by atomic mass is 19.4. The molecular weight excluding hydrogens is 528 g/mol. The molecule has 0 aliphatic heterocycles. The second-order valence-electron chi connectivity index (χ2n) is 9.13. The molecule has 0 unspecified atom stereocenters. The Labute approximate surface area is 220 Å². The van der Waals surface area contributed by atoms with Gasteiger partial charge in [-0.05, 0) is 60.4 Å². The van der Waals surface area contributed by atoms with Gasteiger partial charge in [0, 0.05) is 24.4 Å². The molecule has 1 aromatic heterocycles. The molecule has 1 heterocycles. The number of hydrogen-bond acceptors (Lipinski definition) is 4. The second kappa shape index (κ2) is 11.4. The van der Waals surface area contributed by atoms with E-state index in [1.54, 1.807) is 18.2 Å². The van der Waals surface area contributed by atoms with E-state index in [0.29, 0.717) is 5.69 Å². The third-order valence-electron chi connectivity index (χ3n) is 6.31. The van der Waals surface area contributed by atoms with Crippen LogP contribution in [0.25, 0.3) is 0 Å². The van der Waals surface area contributed by atoms with Crippen LogP contribution < -0.4 is 20.1 Å². The van der Waals surface area contributed by atoms with Crippen LogP contribution in [-0.2, 0) is 12.0 Å². The summed E-state index contributed by atoms with van der Waals surface area (Å²) in [6.45, 7) is 0. The van der Waals surface area contributed by atoms with Gasteiger partial charge in [-0.25, -0.2) is 4.79 Å². The largest absolute Gasteiger partial charge is 0.573 e. The smallest absolute Gasteiger partial charge is 0.406 e. The van der Waals surface area contributed by atoms with Crippen LogP contribution in [0.5, 0.6) is 11.5 Å². The molecule has 2 N–H and O–H groups in total. The highest BCUT2D eigenvalue weighted by Gasteiger charge is 2.40. The van der Waals surface area contributed by atoms with Crippen molar-refractivity contribution in [2.75, 3.05) is 0 Å². The first kappa shape index (κ1) is 28.1. The van der Waals surface area contributed by atoms with E-state index in [1.807, 2.05) is 0 Å². The number of pyridine rings is 1. The number of carbonyl (C=O) groups excluding carboxylic acids is 1. The highest BCUT2D eigenvalue weighted by Crippen LogP contribution is 2.38. The first-order valence-electron chi connectivity index (χ1n) is 12.1. The topological polar surface area (TPSA) is 72.5 Å². The molecule has 0 radical (unpaired) electrons.